The fraction of sp³-hybridized carbons (Fsp3) is 0.400. The zero-order valence-corrected chi connectivity index (χ0v) is 11.4. The highest BCUT2D eigenvalue weighted by Crippen LogP contribution is 2.29. The lowest BCUT2D eigenvalue weighted by Gasteiger charge is -2.15. The van der Waals surface area contributed by atoms with Crippen LogP contribution in [0.4, 0.5) is 14.6 Å². The molecule has 0 unspecified atom stereocenters. The molecule has 0 fully saturated rings. The molecule has 2 nitrogen and oxygen atoms in total. The first-order chi connectivity index (χ1) is 9.04. The minimum Gasteiger partial charge on any atom is -0.370 e. The highest BCUT2D eigenvalue weighted by Gasteiger charge is 2.14. The van der Waals surface area contributed by atoms with Gasteiger partial charge >= 0.3 is 0 Å². The quantitative estimate of drug-likeness (QED) is 0.882. The minimum absolute atomic E-state index is 0.0861. The summed E-state index contributed by atoms with van der Waals surface area (Å²) in [6.07, 6.45) is 0.947. The maximum atomic E-state index is 13.8. The van der Waals surface area contributed by atoms with E-state index in [1.165, 1.54) is 0 Å². The van der Waals surface area contributed by atoms with Crippen molar-refractivity contribution in [2.75, 3.05) is 11.9 Å². The summed E-state index contributed by atoms with van der Waals surface area (Å²) in [6, 6.07) is 3.95. The van der Waals surface area contributed by atoms with E-state index in [1.54, 1.807) is 6.07 Å². The van der Waals surface area contributed by atoms with Crippen LogP contribution in [0.1, 0.15) is 38.7 Å². The van der Waals surface area contributed by atoms with Gasteiger partial charge in [-0.15, -0.1) is 0 Å². The molecule has 0 bridgehead atoms. The number of hydrogen-bond donors (Lipinski definition) is 1. The second-order valence-corrected chi connectivity index (χ2v) is 4.93. The molecule has 0 aliphatic heterocycles. The topological polar surface area (TPSA) is 24.9 Å². The molecule has 102 valence electrons. The monoisotopic (exact) mass is 264 g/mol. The molecule has 0 saturated carbocycles. The number of rotatable bonds is 4. The van der Waals surface area contributed by atoms with Crippen molar-refractivity contribution in [2.45, 2.75) is 33.1 Å². The van der Waals surface area contributed by atoms with Gasteiger partial charge in [0.25, 0.3) is 0 Å². The Morgan fingerprint density at radius 2 is 1.89 bits per heavy atom. The van der Waals surface area contributed by atoms with Crippen LogP contribution in [0.15, 0.2) is 18.2 Å². The number of benzene rings is 1. The number of hydrogen-bond acceptors (Lipinski definition) is 2. The second-order valence-electron chi connectivity index (χ2n) is 4.93. The Hall–Kier alpha value is -1.71. The van der Waals surface area contributed by atoms with E-state index in [0.717, 1.165) is 30.7 Å². The third kappa shape index (κ3) is 2.67. The predicted octanol–water partition coefficient (Wildman–Crippen LogP) is 4.46. The van der Waals surface area contributed by atoms with E-state index >= 15 is 0 Å². The van der Waals surface area contributed by atoms with Crippen molar-refractivity contribution in [2.24, 2.45) is 0 Å². The third-order valence-electron chi connectivity index (χ3n) is 3.08. The van der Waals surface area contributed by atoms with Crippen LogP contribution in [-0.4, -0.2) is 11.5 Å². The standard InChI is InChI=1S/C15H18F2N2/c1-4-7-18-15-10(9(2)3)8-11-12(16)5-6-13(17)14(11)19-15/h5-6,8-9H,4,7H2,1-3H3,(H,18,19). The highest BCUT2D eigenvalue weighted by atomic mass is 19.1. The van der Waals surface area contributed by atoms with Crippen LogP contribution >= 0.6 is 0 Å². The average molecular weight is 264 g/mol. The summed E-state index contributed by atoms with van der Waals surface area (Å²) >= 11 is 0. The number of nitrogens with one attached hydrogen (secondary N) is 1. The highest BCUT2D eigenvalue weighted by molar-refractivity contribution is 5.83. The van der Waals surface area contributed by atoms with Gasteiger partial charge in [-0.3, -0.25) is 0 Å². The van der Waals surface area contributed by atoms with Crippen molar-refractivity contribution in [3.63, 3.8) is 0 Å². The normalized spacial score (nSPS) is 11.3. The summed E-state index contributed by atoms with van der Waals surface area (Å²) in [5.41, 5.74) is 0.994. The van der Waals surface area contributed by atoms with E-state index < -0.39 is 11.6 Å². The summed E-state index contributed by atoms with van der Waals surface area (Å²) in [7, 11) is 0. The molecule has 0 aliphatic carbocycles. The van der Waals surface area contributed by atoms with E-state index in [0.29, 0.717) is 5.82 Å². The van der Waals surface area contributed by atoms with E-state index in [4.69, 9.17) is 0 Å². The van der Waals surface area contributed by atoms with Gasteiger partial charge in [-0.2, -0.15) is 0 Å². The van der Waals surface area contributed by atoms with Crippen LogP contribution < -0.4 is 5.32 Å². The van der Waals surface area contributed by atoms with E-state index in [2.05, 4.69) is 10.3 Å². The smallest absolute Gasteiger partial charge is 0.149 e. The Bertz CT molecular complexity index is 594. The Labute approximate surface area is 111 Å². The molecule has 19 heavy (non-hydrogen) atoms. The Morgan fingerprint density at radius 3 is 2.53 bits per heavy atom. The number of halogens is 2. The van der Waals surface area contributed by atoms with Crippen LogP contribution in [0, 0.1) is 11.6 Å². The van der Waals surface area contributed by atoms with E-state index in [-0.39, 0.29) is 16.8 Å². The lowest BCUT2D eigenvalue weighted by atomic mass is 10.0. The van der Waals surface area contributed by atoms with Gasteiger partial charge in [0.1, 0.15) is 23.0 Å². The van der Waals surface area contributed by atoms with Gasteiger partial charge in [0, 0.05) is 11.9 Å². The maximum absolute atomic E-state index is 13.8. The van der Waals surface area contributed by atoms with Gasteiger partial charge in [0.15, 0.2) is 0 Å². The zero-order chi connectivity index (χ0) is 14.0. The molecule has 2 aromatic rings. The lowest BCUT2D eigenvalue weighted by molar-refractivity contribution is 0.615. The van der Waals surface area contributed by atoms with Gasteiger partial charge < -0.3 is 5.32 Å². The zero-order valence-electron chi connectivity index (χ0n) is 11.4. The fourth-order valence-electron chi connectivity index (χ4n) is 2.03. The van der Waals surface area contributed by atoms with Gasteiger partial charge in [-0.1, -0.05) is 20.8 Å². The molecule has 0 spiro atoms. The van der Waals surface area contributed by atoms with Crippen molar-refractivity contribution in [3.8, 4) is 0 Å². The van der Waals surface area contributed by atoms with E-state index in [9.17, 15) is 8.78 Å². The van der Waals surface area contributed by atoms with Crippen molar-refractivity contribution in [1.82, 2.24) is 4.98 Å². The van der Waals surface area contributed by atoms with Crippen LogP contribution in [0.3, 0.4) is 0 Å². The predicted molar refractivity (Wildman–Crippen MR) is 74.5 cm³/mol. The molecule has 0 amide bonds. The minimum atomic E-state index is -0.494. The van der Waals surface area contributed by atoms with Gasteiger partial charge in [-0.05, 0) is 36.1 Å². The van der Waals surface area contributed by atoms with Gasteiger partial charge in [0.05, 0.1) is 0 Å². The molecule has 0 aliphatic rings. The number of fused-ring (bicyclic) bond motifs is 1. The average Bonchev–Trinajstić information content (AvgIpc) is 2.39. The summed E-state index contributed by atoms with van der Waals surface area (Å²) in [4.78, 5) is 4.27. The molecular formula is C15H18F2N2. The molecule has 1 N–H and O–H groups in total. The van der Waals surface area contributed by atoms with Crippen molar-refractivity contribution in [3.05, 3.63) is 35.4 Å². The maximum Gasteiger partial charge on any atom is 0.149 e. The van der Waals surface area contributed by atoms with Crippen LogP contribution in [-0.2, 0) is 0 Å². The van der Waals surface area contributed by atoms with Crippen LogP contribution in [0.25, 0.3) is 10.9 Å². The molecule has 0 radical (unpaired) electrons. The third-order valence-corrected chi connectivity index (χ3v) is 3.08. The van der Waals surface area contributed by atoms with Crippen molar-refractivity contribution < 1.29 is 8.78 Å². The van der Waals surface area contributed by atoms with Crippen molar-refractivity contribution >= 4 is 16.7 Å². The molecule has 1 heterocycles. The molecule has 1 aromatic carbocycles. The van der Waals surface area contributed by atoms with Crippen LogP contribution in [0.2, 0.25) is 0 Å². The summed E-state index contributed by atoms with van der Waals surface area (Å²) < 4.78 is 27.5. The summed E-state index contributed by atoms with van der Waals surface area (Å²) in [5, 5.41) is 3.42. The largest absolute Gasteiger partial charge is 0.370 e. The molecule has 2 rings (SSSR count). The number of aromatic nitrogens is 1. The Morgan fingerprint density at radius 1 is 1.21 bits per heavy atom. The molecule has 1 aromatic heterocycles. The van der Waals surface area contributed by atoms with Gasteiger partial charge in [-0.25, -0.2) is 13.8 Å². The second kappa shape index (κ2) is 5.51. The number of nitrogens with zero attached hydrogens (tertiary/aromatic N) is 1. The molecule has 4 heteroatoms. The number of anilines is 1. The number of pyridine rings is 1. The fourth-order valence-corrected chi connectivity index (χ4v) is 2.03. The first-order valence-electron chi connectivity index (χ1n) is 6.57. The van der Waals surface area contributed by atoms with Crippen LogP contribution in [0.5, 0.6) is 0 Å². The first-order valence-corrected chi connectivity index (χ1v) is 6.57. The first kappa shape index (κ1) is 13.7. The molecular weight excluding hydrogens is 246 g/mol. The lowest BCUT2D eigenvalue weighted by Crippen LogP contribution is -2.07. The van der Waals surface area contributed by atoms with E-state index in [1.807, 2.05) is 20.8 Å². The Balaban J connectivity index is 2.65. The Kier molecular flexibility index (Phi) is 3.98. The molecule has 0 saturated heterocycles. The molecule has 0 atom stereocenters. The van der Waals surface area contributed by atoms with Crippen molar-refractivity contribution in [1.29, 1.82) is 0 Å². The summed E-state index contributed by atoms with van der Waals surface area (Å²) in [5.74, 6) is -0.0909. The summed E-state index contributed by atoms with van der Waals surface area (Å²) in [6.45, 7) is 6.83. The van der Waals surface area contributed by atoms with Gasteiger partial charge in [0.2, 0.25) is 0 Å². The SMILES string of the molecule is CCCNc1nc2c(F)ccc(F)c2cc1C(C)C.